The highest BCUT2D eigenvalue weighted by Gasteiger charge is 2.15. The van der Waals surface area contributed by atoms with E-state index in [1.54, 1.807) is 0 Å². The number of hydrogen-bond donors (Lipinski definition) is 1. The van der Waals surface area contributed by atoms with Gasteiger partial charge in [-0.05, 0) is 31.7 Å². The van der Waals surface area contributed by atoms with Gasteiger partial charge in [-0.3, -0.25) is 0 Å². The molecule has 0 radical (unpaired) electrons. The van der Waals surface area contributed by atoms with Gasteiger partial charge in [0.05, 0.1) is 12.6 Å². The maximum absolute atomic E-state index is 5.63. The Morgan fingerprint density at radius 1 is 1.69 bits per heavy atom. The van der Waals surface area contributed by atoms with Crippen LogP contribution >= 0.6 is 11.8 Å². The molecule has 0 aromatic carbocycles. The molecule has 0 saturated carbocycles. The molecular weight excluding hydrogens is 182 g/mol. The molecule has 1 aliphatic rings. The van der Waals surface area contributed by atoms with E-state index in [0.29, 0.717) is 6.04 Å². The van der Waals surface area contributed by atoms with Crippen LogP contribution in [0.4, 0.5) is 0 Å². The lowest BCUT2D eigenvalue weighted by molar-refractivity contribution is 0.172. The van der Waals surface area contributed by atoms with Crippen molar-refractivity contribution in [2.45, 2.75) is 25.8 Å². The minimum absolute atomic E-state index is 0.417. The molecule has 1 heterocycles. The zero-order chi connectivity index (χ0) is 9.52. The molecule has 1 rings (SSSR count). The summed E-state index contributed by atoms with van der Waals surface area (Å²) in [5, 5.41) is 3.44. The highest BCUT2D eigenvalue weighted by atomic mass is 32.2. The topological polar surface area (TPSA) is 21.3 Å². The molecule has 0 saturated heterocycles. The highest BCUT2D eigenvalue weighted by Crippen LogP contribution is 2.15. The predicted molar refractivity (Wildman–Crippen MR) is 59.1 cm³/mol. The third kappa shape index (κ3) is 3.61. The number of nitrogens with one attached hydrogen (secondary N) is 1. The maximum Gasteiger partial charge on any atom is 0.110 e. The van der Waals surface area contributed by atoms with E-state index in [4.69, 9.17) is 4.74 Å². The predicted octanol–water partition coefficient (Wildman–Crippen LogP) is 2.02. The zero-order valence-electron chi connectivity index (χ0n) is 8.51. The van der Waals surface area contributed by atoms with Gasteiger partial charge in [-0.25, -0.2) is 0 Å². The van der Waals surface area contributed by atoms with Crippen molar-refractivity contribution in [1.82, 2.24) is 5.32 Å². The van der Waals surface area contributed by atoms with E-state index in [-0.39, 0.29) is 0 Å². The summed E-state index contributed by atoms with van der Waals surface area (Å²) < 4.78 is 5.63. The first-order valence-electron chi connectivity index (χ1n) is 4.93. The van der Waals surface area contributed by atoms with Gasteiger partial charge in [-0.1, -0.05) is 6.92 Å². The third-order valence-corrected chi connectivity index (χ3v) is 2.76. The molecule has 0 aromatic heterocycles. The van der Waals surface area contributed by atoms with Gasteiger partial charge in [0.25, 0.3) is 0 Å². The molecule has 1 N–H and O–H groups in total. The number of thioether (sulfide) groups is 1. The normalized spacial score (nSPS) is 19.1. The monoisotopic (exact) mass is 201 g/mol. The lowest BCUT2D eigenvalue weighted by atomic mass is 10.1. The van der Waals surface area contributed by atoms with Gasteiger partial charge >= 0.3 is 0 Å². The summed E-state index contributed by atoms with van der Waals surface area (Å²) in [5.41, 5.74) is 0. The van der Waals surface area contributed by atoms with E-state index in [1.807, 2.05) is 11.8 Å². The molecule has 0 aliphatic carbocycles. The standard InChI is InChI=1S/C10H19NOS/c1-3-11-9(8-13-2)10-6-4-5-7-12-10/h6,9,11H,3-5,7-8H2,1-2H3. The van der Waals surface area contributed by atoms with Crippen LogP contribution in [-0.2, 0) is 4.74 Å². The van der Waals surface area contributed by atoms with Crippen LogP contribution in [0.3, 0.4) is 0 Å². The number of ether oxygens (including phenoxy) is 1. The molecular formula is C10H19NOS. The fourth-order valence-electron chi connectivity index (χ4n) is 1.47. The summed E-state index contributed by atoms with van der Waals surface area (Å²) in [7, 11) is 0. The maximum atomic E-state index is 5.63. The first-order chi connectivity index (χ1) is 6.38. The summed E-state index contributed by atoms with van der Waals surface area (Å²) in [6.45, 7) is 4.03. The van der Waals surface area contributed by atoms with Gasteiger partial charge in [0.1, 0.15) is 5.76 Å². The first-order valence-corrected chi connectivity index (χ1v) is 6.33. The molecule has 0 spiro atoms. The van der Waals surface area contributed by atoms with Gasteiger partial charge < -0.3 is 10.1 Å². The fraction of sp³-hybridized carbons (Fsp3) is 0.800. The van der Waals surface area contributed by atoms with Crippen molar-refractivity contribution in [2.75, 3.05) is 25.2 Å². The number of hydrogen-bond acceptors (Lipinski definition) is 3. The summed E-state index contributed by atoms with van der Waals surface area (Å²) >= 11 is 1.86. The second kappa shape index (κ2) is 6.33. The molecule has 1 aliphatic heterocycles. The third-order valence-electron chi connectivity index (χ3n) is 2.09. The molecule has 0 aromatic rings. The van der Waals surface area contributed by atoms with Crippen LogP contribution in [0.25, 0.3) is 0 Å². The Morgan fingerprint density at radius 3 is 3.08 bits per heavy atom. The van der Waals surface area contributed by atoms with Crippen molar-refractivity contribution < 1.29 is 4.74 Å². The minimum Gasteiger partial charge on any atom is -0.497 e. The van der Waals surface area contributed by atoms with E-state index in [1.165, 1.54) is 12.8 Å². The molecule has 76 valence electrons. The molecule has 1 unspecified atom stereocenters. The van der Waals surface area contributed by atoms with Gasteiger partial charge in [-0.2, -0.15) is 11.8 Å². The molecule has 0 amide bonds. The summed E-state index contributed by atoms with van der Waals surface area (Å²) in [4.78, 5) is 0. The largest absolute Gasteiger partial charge is 0.497 e. The van der Waals surface area contributed by atoms with Crippen LogP contribution in [0.5, 0.6) is 0 Å². The van der Waals surface area contributed by atoms with Gasteiger partial charge in [0, 0.05) is 5.75 Å². The Kier molecular flexibility index (Phi) is 5.32. The van der Waals surface area contributed by atoms with E-state index in [2.05, 4.69) is 24.6 Å². The van der Waals surface area contributed by atoms with Crippen LogP contribution in [-0.4, -0.2) is 31.2 Å². The average molecular weight is 201 g/mol. The Bertz CT molecular complexity index is 164. The minimum atomic E-state index is 0.417. The second-order valence-electron chi connectivity index (χ2n) is 3.16. The highest BCUT2D eigenvalue weighted by molar-refractivity contribution is 7.98. The van der Waals surface area contributed by atoms with Gasteiger partial charge in [0.15, 0.2) is 0 Å². The van der Waals surface area contributed by atoms with Crippen molar-refractivity contribution in [3.8, 4) is 0 Å². The second-order valence-corrected chi connectivity index (χ2v) is 4.07. The lowest BCUT2D eigenvalue weighted by Gasteiger charge is -2.23. The van der Waals surface area contributed by atoms with E-state index in [9.17, 15) is 0 Å². The van der Waals surface area contributed by atoms with Gasteiger partial charge in [-0.15, -0.1) is 0 Å². The van der Waals surface area contributed by atoms with Crippen LogP contribution in [0, 0.1) is 0 Å². The van der Waals surface area contributed by atoms with Crippen LogP contribution < -0.4 is 5.32 Å². The molecule has 3 heteroatoms. The SMILES string of the molecule is CCNC(CSC)C1=CCCCO1. The van der Waals surface area contributed by atoms with Crippen molar-refractivity contribution in [2.24, 2.45) is 0 Å². The van der Waals surface area contributed by atoms with Crippen molar-refractivity contribution in [3.63, 3.8) is 0 Å². The molecule has 13 heavy (non-hydrogen) atoms. The molecule has 0 fully saturated rings. The summed E-state index contributed by atoms with van der Waals surface area (Å²) in [6, 6.07) is 0.417. The quantitative estimate of drug-likeness (QED) is 0.735. The Labute approximate surface area is 85.1 Å². The number of likely N-dealkylation sites (N-methyl/N-ethyl adjacent to an activating group) is 1. The van der Waals surface area contributed by atoms with E-state index in [0.717, 1.165) is 24.7 Å². The lowest BCUT2D eigenvalue weighted by Crippen LogP contribution is -2.34. The summed E-state index contributed by atoms with van der Waals surface area (Å²) in [5.74, 6) is 2.25. The Hall–Kier alpha value is -0.150. The van der Waals surface area contributed by atoms with Crippen molar-refractivity contribution in [1.29, 1.82) is 0 Å². The summed E-state index contributed by atoms with van der Waals surface area (Å²) in [6.07, 6.45) is 6.70. The number of rotatable bonds is 5. The van der Waals surface area contributed by atoms with Crippen LogP contribution in [0.1, 0.15) is 19.8 Å². The first kappa shape index (κ1) is 10.9. The Balaban J connectivity index is 2.46. The smallest absolute Gasteiger partial charge is 0.110 e. The Morgan fingerprint density at radius 2 is 2.54 bits per heavy atom. The number of allylic oxidation sites excluding steroid dienone is 1. The van der Waals surface area contributed by atoms with Crippen LogP contribution in [0.2, 0.25) is 0 Å². The fourth-order valence-corrected chi connectivity index (χ4v) is 2.09. The molecule has 1 atom stereocenters. The van der Waals surface area contributed by atoms with E-state index >= 15 is 0 Å². The average Bonchev–Trinajstić information content (AvgIpc) is 2.19. The molecule has 0 bridgehead atoms. The van der Waals surface area contributed by atoms with Crippen LogP contribution in [0.15, 0.2) is 11.8 Å². The zero-order valence-corrected chi connectivity index (χ0v) is 9.32. The van der Waals surface area contributed by atoms with Crippen molar-refractivity contribution >= 4 is 11.8 Å². The molecule has 2 nitrogen and oxygen atoms in total. The van der Waals surface area contributed by atoms with Crippen molar-refractivity contribution in [3.05, 3.63) is 11.8 Å². The van der Waals surface area contributed by atoms with E-state index < -0.39 is 0 Å². The van der Waals surface area contributed by atoms with Gasteiger partial charge in [0.2, 0.25) is 0 Å².